The van der Waals surface area contributed by atoms with Crippen LogP contribution < -0.4 is 0 Å². The highest BCUT2D eigenvalue weighted by atomic mass is 16.6. The minimum Gasteiger partial charge on any atom is -0.480 e. The fourth-order valence-corrected chi connectivity index (χ4v) is 4.92. The molecule has 1 rings (SSSR count). The molecule has 1 unspecified atom stereocenters. The number of nitro benzene ring substituents is 1. The van der Waals surface area contributed by atoms with Crippen LogP contribution in [0.3, 0.4) is 0 Å². The Balaban J connectivity index is 3.48. The van der Waals surface area contributed by atoms with Crippen LogP contribution in [0.4, 0.5) is 5.69 Å². The summed E-state index contributed by atoms with van der Waals surface area (Å²) in [4.78, 5) is 79.6. The van der Waals surface area contributed by atoms with Gasteiger partial charge in [0.1, 0.15) is 28.4 Å². The van der Waals surface area contributed by atoms with Crippen LogP contribution >= 0.6 is 0 Å². The van der Waals surface area contributed by atoms with Gasteiger partial charge in [-0.3, -0.25) is 48.8 Å². The van der Waals surface area contributed by atoms with E-state index in [0.29, 0.717) is 5.56 Å². The van der Waals surface area contributed by atoms with Gasteiger partial charge in [-0.25, -0.2) is 0 Å². The molecule has 1 atom stereocenters. The van der Waals surface area contributed by atoms with E-state index >= 15 is 0 Å². The number of hydrogen-bond acceptors (Lipinski definition) is 15. The van der Waals surface area contributed by atoms with Gasteiger partial charge >= 0.3 is 29.8 Å². The van der Waals surface area contributed by atoms with Gasteiger partial charge in [-0.15, -0.1) is 0 Å². The summed E-state index contributed by atoms with van der Waals surface area (Å²) < 4.78 is 28.2. The lowest BCUT2D eigenvalue weighted by molar-refractivity contribution is -0.384. The number of carbonyl (C=O) groups excluding carboxylic acids is 4. The quantitative estimate of drug-likeness (QED) is 0.0814. The molecule has 312 valence electrons. The maximum Gasteiger partial charge on any atom is 0.326 e. The van der Waals surface area contributed by atoms with Crippen molar-refractivity contribution in [3.63, 3.8) is 0 Å². The predicted octanol–water partition coefficient (Wildman–Crippen LogP) is 3.84. The van der Waals surface area contributed by atoms with E-state index in [1.165, 1.54) is 34.1 Å². The molecule has 0 aliphatic rings. The second-order valence-corrected chi connectivity index (χ2v) is 17.1. The Kier molecular flexibility index (Phi) is 18.8. The van der Waals surface area contributed by atoms with Gasteiger partial charge < -0.3 is 28.8 Å². The lowest BCUT2D eigenvalue weighted by atomic mass is 10.1. The summed E-state index contributed by atoms with van der Waals surface area (Å²) in [5.41, 5.74) is -2.83. The van der Waals surface area contributed by atoms with Crippen molar-refractivity contribution in [2.24, 2.45) is 0 Å². The molecule has 0 amide bonds. The van der Waals surface area contributed by atoms with Crippen LogP contribution in [-0.2, 0) is 54.3 Å². The third-order valence-electron chi connectivity index (χ3n) is 6.90. The highest BCUT2D eigenvalue weighted by Crippen LogP contribution is 2.17. The number of carbonyl (C=O) groups is 5. The fraction of sp³-hybridized carbons (Fsp3) is 0.711. The zero-order valence-electron chi connectivity index (χ0n) is 34.6. The van der Waals surface area contributed by atoms with Crippen molar-refractivity contribution in [2.75, 3.05) is 59.0 Å². The first-order chi connectivity index (χ1) is 25.0. The largest absolute Gasteiger partial charge is 0.480 e. The summed E-state index contributed by atoms with van der Waals surface area (Å²) in [6.45, 7) is 19.0. The second kappa shape index (κ2) is 21.2. The van der Waals surface area contributed by atoms with Crippen molar-refractivity contribution in [3.05, 3.63) is 39.9 Å². The van der Waals surface area contributed by atoms with Gasteiger partial charge in [0.05, 0.1) is 44.3 Å². The molecule has 0 aliphatic carbocycles. The second-order valence-electron chi connectivity index (χ2n) is 17.1. The lowest BCUT2D eigenvalue weighted by Gasteiger charge is -2.34. The summed E-state index contributed by atoms with van der Waals surface area (Å²) in [5, 5.41) is 20.7. The van der Waals surface area contributed by atoms with Gasteiger partial charge in [0.2, 0.25) is 0 Å². The number of carboxylic acid groups (broad SMARTS) is 1. The molecule has 17 heteroatoms. The third-order valence-corrected chi connectivity index (χ3v) is 6.90. The van der Waals surface area contributed by atoms with E-state index in [4.69, 9.17) is 23.7 Å². The van der Waals surface area contributed by atoms with Crippen molar-refractivity contribution in [2.45, 2.75) is 118 Å². The van der Waals surface area contributed by atoms with Crippen molar-refractivity contribution in [1.29, 1.82) is 0 Å². The monoisotopic (exact) mass is 782 g/mol. The van der Waals surface area contributed by atoms with Crippen LogP contribution in [0.2, 0.25) is 0 Å². The smallest absolute Gasteiger partial charge is 0.326 e. The zero-order valence-corrected chi connectivity index (χ0v) is 34.6. The minimum atomic E-state index is -1.17. The highest BCUT2D eigenvalue weighted by molar-refractivity contribution is 5.78. The van der Waals surface area contributed by atoms with Crippen LogP contribution in [0.15, 0.2) is 24.3 Å². The average Bonchev–Trinajstić information content (AvgIpc) is 2.96. The summed E-state index contributed by atoms with van der Waals surface area (Å²) in [7, 11) is 0. The van der Waals surface area contributed by atoms with E-state index in [2.05, 4.69) is 0 Å². The maximum atomic E-state index is 13.8. The number of non-ortho nitro benzene ring substituents is 1. The van der Waals surface area contributed by atoms with E-state index in [1.54, 1.807) is 88.0 Å². The third kappa shape index (κ3) is 23.4. The molecule has 0 saturated heterocycles. The van der Waals surface area contributed by atoms with Crippen molar-refractivity contribution >= 4 is 35.5 Å². The van der Waals surface area contributed by atoms with Crippen molar-refractivity contribution in [1.82, 2.24) is 14.7 Å². The molecule has 0 saturated carbocycles. The Bertz CT molecular complexity index is 1440. The maximum absolute atomic E-state index is 13.8. The van der Waals surface area contributed by atoms with Crippen LogP contribution in [0.25, 0.3) is 0 Å². The summed E-state index contributed by atoms with van der Waals surface area (Å²) in [6.07, 6.45) is 0. The van der Waals surface area contributed by atoms with E-state index in [0.717, 1.165) is 0 Å². The number of ether oxygens (including phenoxy) is 5. The molecular weight excluding hydrogens is 720 g/mol. The first-order valence-corrected chi connectivity index (χ1v) is 18.1. The van der Waals surface area contributed by atoms with Crippen LogP contribution in [0.5, 0.6) is 0 Å². The summed E-state index contributed by atoms with van der Waals surface area (Å²) in [5.74, 6) is -3.69. The molecule has 0 aromatic heterocycles. The summed E-state index contributed by atoms with van der Waals surface area (Å²) >= 11 is 0. The van der Waals surface area contributed by atoms with E-state index in [9.17, 15) is 39.2 Å². The van der Waals surface area contributed by atoms with Gasteiger partial charge in [-0.2, -0.15) is 0 Å². The molecule has 0 fully saturated rings. The van der Waals surface area contributed by atoms with E-state index in [-0.39, 0.29) is 64.7 Å². The van der Waals surface area contributed by atoms with Crippen molar-refractivity contribution in [3.8, 4) is 0 Å². The standard InChI is InChI=1S/C38H62N4O13/c1-35(2,3)52-31(45)22-39(17-18-40(21-30(43)44)23-32(46)53-36(4,5)6)19-20-41(24-33(47)54-37(7,8)9)29(34(48)55-38(10,11)12)26-51-25-27-13-15-28(16-14-27)42(49)50/h13-16,29H,17-26H2,1-12H3,(H,43,44). The number of aliphatic carboxylic acids is 1. The van der Waals surface area contributed by atoms with Gasteiger partial charge in [-0.05, 0) is 101 Å². The van der Waals surface area contributed by atoms with E-state index in [1.807, 2.05) is 0 Å². The molecular formula is C38H62N4O13. The number of esters is 4. The van der Waals surface area contributed by atoms with Crippen molar-refractivity contribution < 1.29 is 57.7 Å². The molecule has 0 bridgehead atoms. The number of nitrogens with zero attached hydrogens (tertiary/aromatic N) is 4. The Hall–Kier alpha value is -4.19. The first kappa shape index (κ1) is 48.8. The Morgan fingerprint density at radius 2 is 1.05 bits per heavy atom. The molecule has 0 radical (unpaired) electrons. The molecule has 1 N–H and O–H groups in total. The molecule has 1 aromatic carbocycles. The fourth-order valence-electron chi connectivity index (χ4n) is 4.92. The molecule has 0 heterocycles. The number of benzene rings is 1. The number of carboxylic acids is 1. The zero-order chi connectivity index (χ0) is 42.4. The predicted molar refractivity (Wildman–Crippen MR) is 202 cm³/mol. The molecule has 0 aliphatic heterocycles. The number of nitro groups is 1. The summed E-state index contributed by atoms with van der Waals surface area (Å²) in [6, 6.07) is 4.59. The Morgan fingerprint density at radius 3 is 1.49 bits per heavy atom. The minimum absolute atomic E-state index is 0.00214. The van der Waals surface area contributed by atoms with E-state index < -0.39 is 69.8 Å². The number of hydrogen-bond donors (Lipinski definition) is 1. The topological polar surface area (TPSA) is 205 Å². The Labute approximate surface area is 324 Å². The first-order valence-electron chi connectivity index (χ1n) is 18.1. The molecule has 1 aromatic rings. The SMILES string of the molecule is CC(C)(C)OC(=O)CN(CCN(CC(=O)O)CC(=O)OC(C)(C)C)CCN(CC(=O)OC(C)(C)C)C(COCc1ccc([N+](=O)[O-])cc1)C(=O)OC(C)(C)C. The highest BCUT2D eigenvalue weighted by Gasteiger charge is 2.34. The van der Waals surface area contributed by atoms with Gasteiger partial charge in [0.15, 0.2) is 0 Å². The normalized spacial score (nSPS) is 13.1. The average molecular weight is 783 g/mol. The molecule has 55 heavy (non-hydrogen) atoms. The van der Waals surface area contributed by atoms with Crippen LogP contribution in [-0.4, -0.2) is 142 Å². The van der Waals surface area contributed by atoms with Crippen LogP contribution in [0.1, 0.15) is 88.6 Å². The van der Waals surface area contributed by atoms with Gasteiger partial charge in [0, 0.05) is 38.3 Å². The molecule has 0 spiro atoms. The molecule has 17 nitrogen and oxygen atoms in total. The lowest BCUT2D eigenvalue weighted by Crippen LogP contribution is -2.52. The van der Waals surface area contributed by atoms with Gasteiger partial charge in [-0.1, -0.05) is 0 Å². The number of rotatable bonds is 21. The Morgan fingerprint density at radius 1 is 0.636 bits per heavy atom. The van der Waals surface area contributed by atoms with Gasteiger partial charge in [0.25, 0.3) is 5.69 Å². The van der Waals surface area contributed by atoms with Crippen LogP contribution in [0, 0.1) is 10.1 Å².